The molecule has 6 aliphatic rings. The van der Waals surface area contributed by atoms with Gasteiger partial charge in [0.2, 0.25) is 0 Å². The number of rotatable bonds is 0. The number of fused-ring (bicyclic) bond motifs is 8. The van der Waals surface area contributed by atoms with E-state index in [1.807, 2.05) is 40.6 Å². The van der Waals surface area contributed by atoms with Crippen LogP contribution in [0.3, 0.4) is 0 Å². The second kappa shape index (κ2) is 12.4. The Morgan fingerprint density at radius 1 is 0.694 bits per heavy atom. The third-order valence-corrected chi connectivity index (χ3v) is 16.4. The smallest absolute Gasteiger partial charge is 0.194 e. The van der Waals surface area contributed by atoms with Gasteiger partial charge in [-0.2, -0.15) is 0 Å². The van der Waals surface area contributed by atoms with Crippen molar-refractivity contribution in [1.82, 2.24) is 0 Å². The molecule has 4 nitrogen and oxygen atoms in total. The number of hydrogen-bond acceptors (Lipinski definition) is 8. The van der Waals surface area contributed by atoms with Crippen molar-refractivity contribution in [3.8, 4) is 0 Å². The van der Waals surface area contributed by atoms with Gasteiger partial charge in [0.15, 0.2) is 10.1 Å². The first-order chi connectivity index (χ1) is 23.7. The van der Waals surface area contributed by atoms with Gasteiger partial charge in [-0.1, -0.05) is 113 Å². The number of benzene rings is 5. The molecule has 1 aliphatic carbocycles. The third kappa shape index (κ3) is 5.58. The van der Waals surface area contributed by atoms with Crippen LogP contribution in [0.25, 0.3) is 33.2 Å². The van der Waals surface area contributed by atoms with Crippen LogP contribution in [-0.2, 0) is 44.7 Å². The molecule has 5 heterocycles. The molecule has 0 saturated carbocycles. The quantitative estimate of drug-likeness (QED) is 0.155. The van der Waals surface area contributed by atoms with Gasteiger partial charge in [-0.05, 0) is 91.6 Å². The zero-order valence-electron chi connectivity index (χ0n) is 27.5. The molecule has 0 fully saturated rings. The summed E-state index contributed by atoms with van der Waals surface area (Å²) in [5, 5.41) is 31.7. The van der Waals surface area contributed by atoms with Crippen LogP contribution in [0.2, 0.25) is 0 Å². The van der Waals surface area contributed by atoms with Crippen LogP contribution in [0.5, 0.6) is 0 Å². The lowest BCUT2D eigenvalue weighted by Gasteiger charge is -2.45. The Balaban J connectivity index is 1.31. The second-order valence-electron chi connectivity index (χ2n) is 13.9. The molecule has 2 N–H and O–H groups in total. The SMILES string of the molecule is CC1(O)OCC2=c3c4cc5cc3=CC(CSSCc3cccc6c(cccc36)C(C)(O)[C@@](OC4)(SC5)SCc3ccc4c1cccc4c3)C2. The van der Waals surface area contributed by atoms with Gasteiger partial charge in [-0.25, -0.2) is 0 Å². The minimum atomic E-state index is -1.47. The molecule has 49 heavy (non-hydrogen) atoms. The summed E-state index contributed by atoms with van der Waals surface area (Å²) in [4.78, 5) is 0. The minimum Gasteiger partial charge on any atom is -0.380 e. The van der Waals surface area contributed by atoms with Crippen LogP contribution in [-0.4, -0.2) is 26.8 Å². The maximum Gasteiger partial charge on any atom is 0.194 e. The maximum absolute atomic E-state index is 13.1. The van der Waals surface area contributed by atoms with Crippen LogP contribution in [0.15, 0.2) is 84.9 Å². The van der Waals surface area contributed by atoms with Crippen LogP contribution in [0.4, 0.5) is 0 Å². The monoisotopic (exact) mass is 722 g/mol. The lowest BCUT2D eigenvalue weighted by molar-refractivity contribution is -0.189. The van der Waals surface area contributed by atoms with Crippen molar-refractivity contribution < 1.29 is 19.7 Å². The van der Waals surface area contributed by atoms with E-state index in [1.165, 1.54) is 32.5 Å². The maximum atomic E-state index is 13.1. The molecule has 0 saturated heterocycles. The summed E-state index contributed by atoms with van der Waals surface area (Å²) >= 11 is 3.38. The molecule has 5 aromatic rings. The van der Waals surface area contributed by atoms with Crippen molar-refractivity contribution in [3.05, 3.63) is 129 Å². The molecule has 8 heteroatoms. The van der Waals surface area contributed by atoms with Gasteiger partial charge in [0.25, 0.3) is 0 Å². The highest BCUT2D eigenvalue weighted by Crippen LogP contribution is 2.55. The normalized spacial score (nSPS) is 28.3. The molecule has 1 spiro atoms. The van der Waals surface area contributed by atoms with Crippen LogP contribution < -0.4 is 10.4 Å². The van der Waals surface area contributed by atoms with E-state index in [1.54, 1.807) is 30.4 Å². The fourth-order valence-corrected chi connectivity index (χ4v) is 13.3. The molecule has 15 bridgehead atoms. The Kier molecular flexibility index (Phi) is 8.21. The van der Waals surface area contributed by atoms with Crippen LogP contribution in [0, 0.1) is 5.92 Å². The summed E-state index contributed by atoms with van der Waals surface area (Å²) in [6.07, 6.45) is 3.30. The molecule has 250 valence electrons. The van der Waals surface area contributed by atoms with E-state index in [2.05, 4.69) is 78.9 Å². The minimum absolute atomic E-state index is 0.309. The van der Waals surface area contributed by atoms with Gasteiger partial charge >= 0.3 is 0 Å². The fraction of sp³-hybridized carbons (Fsp3) is 0.317. The third-order valence-electron chi connectivity index (χ3n) is 10.5. The largest absolute Gasteiger partial charge is 0.380 e. The number of thioether (sulfide) groups is 2. The zero-order valence-corrected chi connectivity index (χ0v) is 30.8. The molecular weight excluding hydrogens is 685 g/mol. The van der Waals surface area contributed by atoms with Crippen molar-refractivity contribution in [2.45, 2.75) is 59.8 Å². The first kappa shape index (κ1) is 32.5. The summed E-state index contributed by atoms with van der Waals surface area (Å²) in [6, 6.07) is 30.0. The van der Waals surface area contributed by atoms with E-state index < -0.39 is 15.7 Å². The van der Waals surface area contributed by atoms with Crippen LogP contribution in [0.1, 0.15) is 53.6 Å². The second-order valence-corrected chi connectivity index (χ2v) is 19.0. The standard InChI is InChI=1S/C41H38O4S4/c1-39(42)36-10-5-8-33-29(7-3-9-35(33)36)24-49-48-23-27-16-30-15-26-17-32-20-45-41(39,47-22-26)46-21-25-12-13-34-28(14-25)6-4-11-37(34)40(2,43)44-19-31(18-27)38(30)32/h3-17,27,42-43H,18-24H2,1-2H3/t27?,39?,40?,41-/m0/s1. The predicted molar refractivity (Wildman–Crippen MR) is 209 cm³/mol. The molecule has 5 aromatic carbocycles. The highest BCUT2D eigenvalue weighted by Gasteiger charge is 2.52. The molecule has 0 amide bonds. The summed E-state index contributed by atoms with van der Waals surface area (Å²) in [5.74, 6) is 2.05. The van der Waals surface area contributed by atoms with Gasteiger partial charge in [-0.15, -0.1) is 23.5 Å². The Bertz CT molecular complexity index is 2260. The van der Waals surface area contributed by atoms with E-state index in [-0.39, 0.29) is 0 Å². The molecule has 0 aromatic heterocycles. The Morgan fingerprint density at radius 3 is 2.39 bits per heavy atom. The van der Waals surface area contributed by atoms with Crippen molar-refractivity contribution in [1.29, 1.82) is 0 Å². The average Bonchev–Trinajstić information content (AvgIpc) is 3.09. The van der Waals surface area contributed by atoms with Gasteiger partial charge in [0, 0.05) is 28.6 Å². The van der Waals surface area contributed by atoms with Gasteiger partial charge in [0.05, 0.1) is 13.2 Å². The van der Waals surface area contributed by atoms with E-state index >= 15 is 0 Å². The summed E-state index contributed by atoms with van der Waals surface area (Å²) in [7, 11) is 3.82. The first-order valence-electron chi connectivity index (χ1n) is 16.8. The van der Waals surface area contributed by atoms with Gasteiger partial charge in [-0.3, -0.25) is 0 Å². The lowest BCUT2D eigenvalue weighted by atomic mass is 9.89. The van der Waals surface area contributed by atoms with Crippen molar-refractivity contribution in [3.63, 3.8) is 0 Å². The van der Waals surface area contributed by atoms with E-state index in [9.17, 15) is 10.2 Å². The number of aliphatic hydroxyl groups is 2. The Labute approximate surface area is 303 Å². The van der Waals surface area contributed by atoms with E-state index in [4.69, 9.17) is 9.47 Å². The van der Waals surface area contributed by atoms with Gasteiger partial charge in [0.1, 0.15) is 5.60 Å². The predicted octanol–water partition coefficient (Wildman–Crippen LogP) is 8.29. The topological polar surface area (TPSA) is 58.9 Å². The van der Waals surface area contributed by atoms with Crippen molar-refractivity contribution in [2.75, 3.05) is 12.4 Å². The first-order valence-corrected chi connectivity index (χ1v) is 21.3. The summed E-state index contributed by atoms with van der Waals surface area (Å²) < 4.78 is 12.7. The molecule has 4 atom stereocenters. The van der Waals surface area contributed by atoms with Gasteiger partial charge < -0.3 is 19.7 Å². The number of ether oxygens (including phenoxy) is 2. The molecular formula is C41H38O4S4. The Hall–Kier alpha value is -2.40. The molecule has 5 aliphatic heterocycles. The van der Waals surface area contributed by atoms with Crippen LogP contribution >= 0.6 is 45.1 Å². The van der Waals surface area contributed by atoms with Crippen molar-refractivity contribution >= 4 is 78.3 Å². The lowest BCUT2D eigenvalue weighted by Crippen LogP contribution is -2.48. The highest BCUT2D eigenvalue weighted by molar-refractivity contribution is 8.76. The van der Waals surface area contributed by atoms with Crippen molar-refractivity contribution in [2.24, 2.45) is 5.92 Å². The fourth-order valence-electron chi connectivity index (χ4n) is 8.06. The summed E-state index contributed by atoms with van der Waals surface area (Å²) in [5.41, 5.74) is 6.24. The Morgan fingerprint density at radius 2 is 1.49 bits per heavy atom. The number of hydrogen-bond donors (Lipinski definition) is 2. The molecule has 3 unspecified atom stereocenters. The average molecular weight is 723 g/mol. The highest BCUT2D eigenvalue weighted by atomic mass is 33.1. The summed E-state index contributed by atoms with van der Waals surface area (Å²) in [6.45, 7) is 4.38. The zero-order chi connectivity index (χ0) is 33.4. The van der Waals surface area contributed by atoms with E-state index in [0.29, 0.717) is 30.6 Å². The van der Waals surface area contributed by atoms with E-state index in [0.717, 1.165) is 56.3 Å². The molecule has 11 rings (SSSR count). The molecule has 0 radical (unpaired) electrons.